The Morgan fingerprint density at radius 2 is 0.486 bits per heavy atom. The van der Waals surface area contributed by atoms with Gasteiger partial charge in [-0.2, -0.15) is 0 Å². The molecule has 0 radical (unpaired) electrons. The Morgan fingerprint density at radius 3 is 0.954 bits per heavy atom. The molecule has 0 aliphatic carbocycles. The van der Waals surface area contributed by atoms with Crippen molar-refractivity contribution < 1.29 is 6.85 Å². The van der Waals surface area contributed by atoms with E-state index in [0.717, 1.165) is 82.5 Å². The van der Waals surface area contributed by atoms with E-state index in [1.807, 2.05) is 76.1 Å². The number of hydrogen-bond acceptors (Lipinski definition) is 7. The lowest BCUT2D eigenvalue weighted by Crippen LogP contribution is -2.10. The maximum Gasteiger partial charge on any atom is 0.0645 e. The number of anilines is 12. The minimum Gasteiger partial charge on any atom is -0.310 e. The molecule has 18 aromatic carbocycles. The highest BCUT2D eigenvalue weighted by Gasteiger charge is 2.24. The third-order valence-corrected chi connectivity index (χ3v) is 24.1. The van der Waals surface area contributed by atoms with Crippen LogP contribution in [0.25, 0.3) is 115 Å². The van der Waals surface area contributed by atoms with Crippen LogP contribution in [-0.4, -0.2) is 0 Å². The van der Waals surface area contributed by atoms with Gasteiger partial charge in [-0.1, -0.05) is 255 Å². The van der Waals surface area contributed by atoms with E-state index in [9.17, 15) is 0 Å². The first kappa shape index (κ1) is 59.8. The van der Waals surface area contributed by atoms with Crippen LogP contribution in [0, 0.1) is 0 Å². The van der Waals surface area contributed by atoms with E-state index in [1.54, 1.807) is 11.3 Å². The molecule has 0 aliphatic heterocycles. The SMILES string of the molecule is [2H]c1c([2H])c([2H])c(N(c2ccccc2)c2cccc3sc4cc(N(c5ccc(-c6ccccc6)cc5)c5ccc6c7ccccc7c7ccccc7c6c5)ccc4c23)c([2H])c1[2H].c1ccc(-c2ccc(N(c3ccc4c(c3)sc3cccc(N(c5ccccc5)c5ccccc5)c34)c3ccc4sc5ccccc5c4c3)cc2)cc1. The Bertz CT molecular complexity index is 7140. The van der Waals surface area contributed by atoms with Crippen LogP contribution >= 0.6 is 34.0 Å². The topological polar surface area (TPSA) is 13.0 Å². The van der Waals surface area contributed by atoms with Crippen molar-refractivity contribution in [2.24, 2.45) is 0 Å². The molecule has 0 amide bonds. The molecule has 4 nitrogen and oxygen atoms in total. The number of nitrogens with zero attached hydrogens (tertiary/aromatic N) is 4. The monoisotopic (exact) mass is 1450 g/mol. The van der Waals surface area contributed by atoms with Gasteiger partial charge in [0.1, 0.15) is 0 Å². The number of fused-ring (bicyclic) bond motifs is 15. The van der Waals surface area contributed by atoms with Crippen LogP contribution in [0.1, 0.15) is 6.85 Å². The molecule has 109 heavy (non-hydrogen) atoms. The number of thiophene rings is 3. The summed E-state index contributed by atoms with van der Waals surface area (Å²) in [6, 6.07) is 134. The fourth-order valence-corrected chi connectivity index (χ4v) is 19.2. The van der Waals surface area contributed by atoms with Crippen LogP contribution in [0.4, 0.5) is 68.2 Å². The molecule has 0 saturated carbocycles. The zero-order valence-electron chi connectivity index (χ0n) is 63.9. The fourth-order valence-electron chi connectivity index (χ4n) is 15.8. The van der Waals surface area contributed by atoms with Crippen LogP contribution < -0.4 is 19.6 Å². The molecule has 0 aliphatic rings. The summed E-state index contributed by atoms with van der Waals surface area (Å²) >= 11 is 5.39. The average Bonchev–Trinajstić information content (AvgIpc) is 0.981. The molecule has 0 atom stereocenters. The fraction of sp³-hybridized carbons (Fsp3) is 0. The Morgan fingerprint density at radius 1 is 0.174 bits per heavy atom. The van der Waals surface area contributed by atoms with Crippen molar-refractivity contribution in [3.8, 4) is 22.3 Å². The summed E-state index contributed by atoms with van der Waals surface area (Å²) in [6.45, 7) is 0. The van der Waals surface area contributed by atoms with E-state index in [0.29, 0.717) is 5.69 Å². The second-order valence-corrected chi connectivity index (χ2v) is 30.4. The summed E-state index contributed by atoms with van der Waals surface area (Å²) in [5.74, 6) is 0. The van der Waals surface area contributed by atoms with Crippen molar-refractivity contribution in [1.82, 2.24) is 0 Å². The van der Waals surface area contributed by atoms with Crippen molar-refractivity contribution in [2.45, 2.75) is 0 Å². The Balaban J connectivity index is 0.000000150. The zero-order valence-corrected chi connectivity index (χ0v) is 61.3. The van der Waals surface area contributed by atoms with Crippen molar-refractivity contribution in [3.63, 3.8) is 0 Å². The minimum atomic E-state index is -0.421. The van der Waals surface area contributed by atoms with Crippen molar-refractivity contribution in [2.75, 3.05) is 19.6 Å². The zero-order chi connectivity index (χ0) is 76.5. The molecule has 21 rings (SSSR count). The van der Waals surface area contributed by atoms with Crippen molar-refractivity contribution in [1.29, 1.82) is 0 Å². The van der Waals surface area contributed by atoms with E-state index in [2.05, 4.69) is 348 Å². The normalized spacial score (nSPS) is 12.1. The van der Waals surface area contributed by atoms with Crippen LogP contribution in [0.5, 0.6) is 0 Å². The highest BCUT2D eigenvalue weighted by atomic mass is 32.1. The van der Waals surface area contributed by atoms with Crippen molar-refractivity contribution >= 4 is 195 Å². The molecule has 0 N–H and O–H groups in total. The molecule has 0 unspecified atom stereocenters. The van der Waals surface area contributed by atoms with Gasteiger partial charge >= 0.3 is 0 Å². The molecule has 514 valence electrons. The average molecular weight is 1450 g/mol. The Labute approximate surface area is 651 Å². The molecule has 0 bridgehead atoms. The van der Waals surface area contributed by atoms with E-state index in [4.69, 9.17) is 6.85 Å². The summed E-state index contributed by atoms with van der Waals surface area (Å²) in [5, 5.41) is 14.4. The third kappa shape index (κ3) is 12.0. The quantitative estimate of drug-likeness (QED) is 0.101. The van der Waals surface area contributed by atoms with Crippen molar-refractivity contribution in [3.05, 3.63) is 412 Å². The Kier molecular flexibility index (Phi) is 15.4. The number of para-hydroxylation sites is 4. The maximum absolute atomic E-state index is 9.02. The predicted octanol–water partition coefficient (Wildman–Crippen LogP) is 31.1. The number of benzene rings is 18. The van der Waals surface area contributed by atoms with Gasteiger partial charge in [0.05, 0.1) is 18.2 Å². The first-order valence-corrected chi connectivity index (χ1v) is 39.0. The molecule has 3 aromatic heterocycles. The van der Waals surface area contributed by atoms with Gasteiger partial charge in [-0.25, -0.2) is 0 Å². The molecule has 7 heteroatoms. The highest BCUT2D eigenvalue weighted by molar-refractivity contribution is 7.26. The van der Waals surface area contributed by atoms with E-state index < -0.39 is 6.04 Å². The standard InChI is InChI=1S/C54H36N2S.C48H32N2S2/c1-4-15-37(16-5-1)38-27-29-41(30-28-38)55(42-31-33-48-46-23-11-10-21-44(46)45-22-12-13-24-47(45)50(48)35-42)43-32-34-49-53(36-43)57-52-26-14-25-51(54(49)52)56(39-17-6-2-7-18-39)40-19-8-3-9-20-40;1-4-13-33(14-5-1)34-23-25-37(26-24-34)49(38-28-30-45-42(31-38)40-19-10-11-21-44(40)51-45)39-27-29-41-47(32-39)52-46-22-12-20-43(48(41)46)50(35-15-6-2-7-16-35)36-17-8-3-9-18-36/h1-36H;1-32H/i2D,6D,7D,17D,18D;. The minimum absolute atomic E-state index is 0.104. The van der Waals surface area contributed by atoms with E-state index in [1.165, 1.54) is 89.5 Å². The molecular formula is C102H68N4S3. The molecular weight excluding hydrogens is 1380 g/mol. The van der Waals surface area contributed by atoms with Gasteiger partial charge in [-0.3, -0.25) is 0 Å². The van der Waals surface area contributed by atoms with Crippen LogP contribution in [0.15, 0.2) is 412 Å². The molecule has 3 heterocycles. The smallest absolute Gasteiger partial charge is 0.0645 e. The third-order valence-electron chi connectivity index (χ3n) is 20.7. The highest BCUT2D eigenvalue weighted by Crippen LogP contribution is 2.51. The lowest BCUT2D eigenvalue weighted by atomic mass is 9.94. The summed E-state index contributed by atoms with van der Waals surface area (Å²) in [7, 11) is 0. The first-order chi connectivity index (χ1) is 56.1. The Hall–Kier alpha value is -13.4. The van der Waals surface area contributed by atoms with Gasteiger partial charge < -0.3 is 19.6 Å². The molecule has 21 aromatic rings. The molecule has 0 spiro atoms. The summed E-state index contributed by atoms with van der Waals surface area (Å²) in [6.07, 6.45) is 0. The predicted molar refractivity (Wildman–Crippen MR) is 474 cm³/mol. The van der Waals surface area contributed by atoms with E-state index >= 15 is 0 Å². The first-order valence-electron chi connectivity index (χ1n) is 39.0. The summed E-state index contributed by atoms with van der Waals surface area (Å²) < 4.78 is 50.7. The van der Waals surface area contributed by atoms with Gasteiger partial charge in [-0.15, -0.1) is 34.0 Å². The van der Waals surface area contributed by atoms with Gasteiger partial charge in [0.2, 0.25) is 0 Å². The van der Waals surface area contributed by atoms with Gasteiger partial charge in [0, 0.05) is 117 Å². The summed E-state index contributed by atoms with van der Waals surface area (Å²) in [4.78, 5) is 8.92. The lowest BCUT2D eigenvalue weighted by molar-refractivity contribution is 1.29. The number of rotatable bonds is 14. The number of hydrogen-bond donors (Lipinski definition) is 0. The van der Waals surface area contributed by atoms with Gasteiger partial charge in [0.25, 0.3) is 0 Å². The summed E-state index contributed by atoms with van der Waals surface area (Å²) in [5.41, 5.74) is 16.1. The van der Waals surface area contributed by atoms with Crippen LogP contribution in [0.2, 0.25) is 0 Å². The second kappa shape index (κ2) is 28.1. The van der Waals surface area contributed by atoms with Crippen LogP contribution in [-0.2, 0) is 0 Å². The lowest BCUT2D eigenvalue weighted by Gasteiger charge is -2.27. The molecule has 0 saturated heterocycles. The maximum atomic E-state index is 9.02. The van der Waals surface area contributed by atoms with Gasteiger partial charge in [-0.05, 0) is 212 Å². The largest absolute Gasteiger partial charge is 0.310 e. The molecule has 0 fully saturated rings. The van der Waals surface area contributed by atoms with Gasteiger partial charge in [0.15, 0.2) is 0 Å². The van der Waals surface area contributed by atoms with Crippen LogP contribution in [0.3, 0.4) is 0 Å². The van der Waals surface area contributed by atoms with E-state index in [-0.39, 0.29) is 29.9 Å². The second-order valence-electron chi connectivity index (χ2n) is 27.1.